The van der Waals surface area contributed by atoms with Gasteiger partial charge in [0.05, 0.1) is 5.25 Å². The molecule has 0 bridgehead atoms. The average molecular weight is 251 g/mol. The van der Waals surface area contributed by atoms with Crippen LogP contribution in [0.5, 0.6) is 0 Å². The van der Waals surface area contributed by atoms with Crippen LogP contribution in [0.15, 0.2) is 0 Å². The highest BCUT2D eigenvalue weighted by molar-refractivity contribution is 7.90. The van der Waals surface area contributed by atoms with Crippen molar-refractivity contribution >= 4 is 10.0 Å². The van der Waals surface area contributed by atoms with E-state index in [9.17, 15) is 17.2 Å². The number of sulfonamides is 1. The van der Waals surface area contributed by atoms with E-state index < -0.39 is 21.9 Å². The molecular formula is C10H15F2NO2S. The van der Waals surface area contributed by atoms with Crippen molar-refractivity contribution in [1.82, 2.24) is 4.31 Å². The van der Waals surface area contributed by atoms with Crippen LogP contribution in [0, 0.1) is 11.8 Å². The van der Waals surface area contributed by atoms with Gasteiger partial charge in [0, 0.05) is 25.4 Å². The summed E-state index contributed by atoms with van der Waals surface area (Å²) < 4.78 is 52.1. The van der Waals surface area contributed by atoms with Crippen LogP contribution in [-0.2, 0) is 10.0 Å². The highest BCUT2D eigenvalue weighted by Crippen LogP contribution is 2.49. The van der Waals surface area contributed by atoms with Gasteiger partial charge < -0.3 is 0 Å². The molecule has 0 amide bonds. The quantitative estimate of drug-likeness (QED) is 0.745. The molecule has 6 heteroatoms. The Labute approximate surface area is 93.9 Å². The molecule has 16 heavy (non-hydrogen) atoms. The molecule has 1 aliphatic heterocycles. The summed E-state index contributed by atoms with van der Waals surface area (Å²) in [7, 11) is -3.26. The first-order chi connectivity index (χ1) is 7.41. The lowest BCUT2D eigenvalue weighted by molar-refractivity contribution is -0.0376. The second kappa shape index (κ2) is 3.16. The summed E-state index contributed by atoms with van der Waals surface area (Å²) in [5.74, 6) is -3.51. The van der Waals surface area contributed by atoms with Gasteiger partial charge in [0.25, 0.3) is 5.92 Å². The van der Waals surface area contributed by atoms with E-state index in [0.717, 1.165) is 0 Å². The molecule has 1 saturated heterocycles. The molecule has 92 valence electrons. The van der Waals surface area contributed by atoms with Crippen molar-refractivity contribution < 1.29 is 17.2 Å². The van der Waals surface area contributed by atoms with Gasteiger partial charge in [-0.05, 0) is 25.2 Å². The van der Waals surface area contributed by atoms with Gasteiger partial charge in [-0.15, -0.1) is 0 Å². The van der Waals surface area contributed by atoms with E-state index in [0.29, 0.717) is 25.8 Å². The lowest BCUT2D eigenvalue weighted by Crippen LogP contribution is -2.35. The highest BCUT2D eigenvalue weighted by Gasteiger charge is 2.57. The molecule has 0 aromatic rings. The Bertz CT molecular complexity index is 405. The van der Waals surface area contributed by atoms with Crippen molar-refractivity contribution in [2.75, 3.05) is 13.1 Å². The lowest BCUT2D eigenvalue weighted by atomic mass is 9.99. The van der Waals surface area contributed by atoms with Crippen LogP contribution in [0.4, 0.5) is 8.78 Å². The molecule has 0 aromatic heterocycles. The number of alkyl halides is 2. The minimum absolute atomic E-state index is 0.0382. The van der Waals surface area contributed by atoms with Crippen LogP contribution in [0.2, 0.25) is 0 Å². The second-order valence-electron chi connectivity index (χ2n) is 5.23. The predicted octanol–water partition coefficient (Wildman–Crippen LogP) is 1.46. The van der Waals surface area contributed by atoms with Crippen molar-refractivity contribution in [1.29, 1.82) is 0 Å². The van der Waals surface area contributed by atoms with Crippen molar-refractivity contribution in [3.8, 4) is 0 Å². The number of fused-ring (bicyclic) bond motifs is 1. The third-order valence-electron chi connectivity index (χ3n) is 4.10. The zero-order valence-corrected chi connectivity index (χ0v) is 9.72. The summed E-state index contributed by atoms with van der Waals surface area (Å²) in [6.45, 7) is 0.357. The Kier molecular flexibility index (Phi) is 2.15. The largest absolute Gasteiger partial charge is 0.252 e. The molecular weight excluding hydrogens is 236 g/mol. The summed E-state index contributed by atoms with van der Waals surface area (Å²) >= 11 is 0. The topological polar surface area (TPSA) is 37.4 Å². The van der Waals surface area contributed by atoms with Crippen LogP contribution in [0.25, 0.3) is 0 Å². The van der Waals surface area contributed by atoms with Gasteiger partial charge in [0.2, 0.25) is 10.0 Å². The van der Waals surface area contributed by atoms with E-state index in [1.165, 1.54) is 4.31 Å². The fourth-order valence-electron chi connectivity index (χ4n) is 2.95. The van der Waals surface area contributed by atoms with Crippen molar-refractivity contribution in [2.24, 2.45) is 11.8 Å². The molecule has 2 aliphatic carbocycles. The molecule has 0 radical (unpaired) electrons. The average Bonchev–Trinajstić information content (AvgIpc) is 2.88. The third-order valence-corrected chi connectivity index (χ3v) is 6.44. The Morgan fingerprint density at radius 3 is 2.38 bits per heavy atom. The fourth-order valence-corrected chi connectivity index (χ4v) is 4.87. The van der Waals surface area contributed by atoms with Gasteiger partial charge in [0.1, 0.15) is 0 Å². The first-order valence-corrected chi connectivity index (χ1v) is 7.28. The maximum atomic E-state index is 13.5. The van der Waals surface area contributed by atoms with E-state index >= 15 is 0 Å². The van der Waals surface area contributed by atoms with Gasteiger partial charge in [0.15, 0.2) is 0 Å². The Morgan fingerprint density at radius 1 is 1.12 bits per heavy atom. The van der Waals surface area contributed by atoms with E-state index in [2.05, 4.69) is 0 Å². The van der Waals surface area contributed by atoms with Gasteiger partial charge >= 0.3 is 0 Å². The van der Waals surface area contributed by atoms with Crippen LogP contribution < -0.4 is 0 Å². The minimum atomic E-state index is -3.26. The first kappa shape index (κ1) is 10.9. The Balaban J connectivity index is 1.79. The first-order valence-electron chi connectivity index (χ1n) is 5.78. The molecule has 3 rings (SSSR count). The van der Waals surface area contributed by atoms with E-state index in [1.54, 1.807) is 0 Å². The van der Waals surface area contributed by atoms with Crippen molar-refractivity contribution in [3.63, 3.8) is 0 Å². The summed E-state index contributed by atoms with van der Waals surface area (Å²) in [4.78, 5) is 0. The minimum Gasteiger partial charge on any atom is -0.212 e. The number of nitrogens with zero attached hydrogens (tertiary/aromatic N) is 1. The van der Waals surface area contributed by atoms with Crippen LogP contribution >= 0.6 is 0 Å². The van der Waals surface area contributed by atoms with Crippen molar-refractivity contribution in [3.05, 3.63) is 0 Å². The van der Waals surface area contributed by atoms with Gasteiger partial charge in [-0.3, -0.25) is 0 Å². The third kappa shape index (κ3) is 1.49. The molecule has 0 spiro atoms. The molecule has 1 heterocycles. The van der Waals surface area contributed by atoms with Crippen molar-refractivity contribution in [2.45, 2.75) is 36.9 Å². The maximum absolute atomic E-state index is 13.5. The standard InChI is InChI=1S/C10H15F2NO2S/c11-10(12)4-3-7-5-13(6-9(7)10)16(14,15)8-1-2-8/h7-9H,1-6H2/t7-,9+/m0/s1. The zero-order chi connectivity index (χ0) is 11.6. The molecule has 3 nitrogen and oxygen atoms in total. The van der Waals surface area contributed by atoms with E-state index in [1.807, 2.05) is 0 Å². The Morgan fingerprint density at radius 2 is 1.81 bits per heavy atom. The van der Waals surface area contributed by atoms with E-state index in [4.69, 9.17) is 0 Å². The van der Waals surface area contributed by atoms with Crippen LogP contribution in [-0.4, -0.2) is 37.0 Å². The SMILES string of the molecule is O=S(=O)(C1CC1)N1C[C@@H]2CCC(F)(F)[C@@H]2C1. The fraction of sp³-hybridized carbons (Fsp3) is 1.00. The molecule has 2 atom stereocenters. The normalized spacial score (nSPS) is 38.9. The summed E-state index contributed by atoms with van der Waals surface area (Å²) in [6.07, 6.45) is 1.79. The summed E-state index contributed by atoms with van der Waals surface area (Å²) in [5.41, 5.74) is 0. The molecule has 0 N–H and O–H groups in total. The summed E-state index contributed by atoms with van der Waals surface area (Å²) in [6, 6.07) is 0. The van der Waals surface area contributed by atoms with Gasteiger partial charge in [-0.25, -0.2) is 21.5 Å². The zero-order valence-electron chi connectivity index (χ0n) is 8.90. The molecule has 3 aliphatic rings. The number of halogens is 2. The second-order valence-corrected chi connectivity index (χ2v) is 7.44. The highest BCUT2D eigenvalue weighted by atomic mass is 32.2. The Hall–Kier alpha value is -0.230. The van der Waals surface area contributed by atoms with Crippen LogP contribution in [0.3, 0.4) is 0 Å². The van der Waals surface area contributed by atoms with Gasteiger partial charge in [-0.1, -0.05) is 0 Å². The monoisotopic (exact) mass is 251 g/mol. The van der Waals surface area contributed by atoms with Crippen LogP contribution in [0.1, 0.15) is 25.7 Å². The van der Waals surface area contributed by atoms with Gasteiger partial charge in [-0.2, -0.15) is 0 Å². The molecule has 2 saturated carbocycles. The smallest absolute Gasteiger partial charge is 0.212 e. The molecule has 0 aromatic carbocycles. The predicted molar refractivity (Wildman–Crippen MR) is 54.7 cm³/mol. The van der Waals surface area contributed by atoms with E-state index in [-0.39, 0.29) is 24.1 Å². The molecule has 0 unspecified atom stereocenters. The molecule has 3 fully saturated rings. The number of hydrogen-bond acceptors (Lipinski definition) is 2. The lowest BCUT2D eigenvalue weighted by Gasteiger charge is -2.20. The number of rotatable bonds is 2. The summed E-state index contributed by atoms with van der Waals surface area (Å²) in [5, 5.41) is -0.278. The maximum Gasteiger partial charge on any atom is 0.252 e. The number of hydrogen-bond donors (Lipinski definition) is 0.